The Hall–Kier alpha value is -1.07. The second-order valence-electron chi connectivity index (χ2n) is 3.26. The van der Waals surface area contributed by atoms with E-state index in [4.69, 9.17) is 5.11 Å². The largest absolute Gasteiger partial charge is 0.506 e. The van der Waals surface area contributed by atoms with Gasteiger partial charge in [0, 0.05) is 0 Å². The van der Waals surface area contributed by atoms with Gasteiger partial charge in [0.2, 0.25) is 0 Å². The van der Waals surface area contributed by atoms with Gasteiger partial charge in [-0.25, -0.2) is 4.79 Å². The van der Waals surface area contributed by atoms with E-state index in [0.29, 0.717) is 8.95 Å². The number of aromatic carboxylic acids is 1. The van der Waals surface area contributed by atoms with Crippen LogP contribution in [0.25, 0.3) is 10.8 Å². The zero-order chi connectivity index (χ0) is 11.9. The number of phenols is 1. The summed E-state index contributed by atoms with van der Waals surface area (Å²) in [5.41, 5.74) is 0.219. The molecule has 0 aliphatic rings. The summed E-state index contributed by atoms with van der Waals surface area (Å²) in [6.45, 7) is 0. The molecule has 0 aromatic heterocycles. The van der Waals surface area contributed by atoms with Gasteiger partial charge in [0.1, 0.15) is 5.75 Å². The van der Waals surface area contributed by atoms with E-state index in [1.165, 1.54) is 6.07 Å². The van der Waals surface area contributed by atoms with Crippen LogP contribution in [0.4, 0.5) is 0 Å². The van der Waals surface area contributed by atoms with Gasteiger partial charge in [0.15, 0.2) is 0 Å². The van der Waals surface area contributed by atoms with Crippen LogP contribution in [-0.2, 0) is 0 Å². The van der Waals surface area contributed by atoms with E-state index in [-0.39, 0.29) is 11.3 Å². The van der Waals surface area contributed by atoms with E-state index >= 15 is 0 Å². The number of phenolic OH excluding ortho intramolecular Hbond substituents is 1. The maximum atomic E-state index is 10.8. The molecule has 0 heterocycles. The lowest BCUT2D eigenvalue weighted by Gasteiger charge is -2.06. The Bertz CT molecular complexity index is 593. The molecule has 0 saturated carbocycles. The molecule has 2 aromatic rings. The molecular weight excluding hydrogens is 340 g/mol. The highest BCUT2D eigenvalue weighted by Crippen LogP contribution is 2.38. The molecule has 0 atom stereocenters. The number of carboxylic acids is 1. The molecular formula is C11H6Br2O3. The lowest BCUT2D eigenvalue weighted by Crippen LogP contribution is -1.95. The van der Waals surface area contributed by atoms with Gasteiger partial charge in [-0.2, -0.15) is 0 Å². The summed E-state index contributed by atoms with van der Waals surface area (Å²) in [4.78, 5) is 10.8. The SMILES string of the molecule is O=C(O)c1ccc2c(Br)c(O)c(Br)cc2c1. The summed E-state index contributed by atoms with van der Waals surface area (Å²) in [5.74, 6) is -0.863. The molecule has 5 heteroatoms. The van der Waals surface area contributed by atoms with Crippen LogP contribution in [-0.4, -0.2) is 16.2 Å². The first kappa shape index (κ1) is 11.4. The first-order valence-corrected chi connectivity index (χ1v) is 5.93. The fourth-order valence-corrected chi connectivity index (χ4v) is 2.74. The standard InChI is InChI=1S/C11H6Br2O3/c12-8-4-6-3-5(11(15)16)1-2-7(6)9(13)10(8)14/h1-4,14H,(H,15,16). The summed E-state index contributed by atoms with van der Waals surface area (Å²) in [5, 5.41) is 20.1. The highest BCUT2D eigenvalue weighted by molar-refractivity contribution is 9.11. The fourth-order valence-electron chi connectivity index (χ4n) is 1.45. The number of hydrogen-bond donors (Lipinski definition) is 2. The van der Waals surface area contributed by atoms with E-state index < -0.39 is 5.97 Å². The van der Waals surface area contributed by atoms with Crippen LogP contribution in [0.3, 0.4) is 0 Å². The van der Waals surface area contributed by atoms with Gasteiger partial charge in [-0.3, -0.25) is 0 Å². The lowest BCUT2D eigenvalue weighted by atomic mass is 10.1. The van der Waals surface area contributed by atoms with E-state index in [1.54, 1.807) is 18.2 Å². The average molecular weight is 346 g/mol. The number of rotatable bonds is 1. The highest BCUT2D eigenvalue weighted by Gasteiger charge is 2.11. The molecule has 82 valence electrons. The Kier molecular flexibility index (Phi) is 2.90. The van der Waals surface area contributed by atoms with Crippen molar-refractivity contribution in [1.29, 1.82) is 0 Å². The third-order valence-electron chi connectivity index (χ3n) is 2.25. The minimum atomic E-state index is -0.970. The maximum Gasteiger partial charge on any atom is 0.335 e. The minimum absolute atomic E-state index is 0.107. The van der Waals surface area contributed by atoms with Gasteiger partial charge in [-0.15, -0.1) is 0 Å². The first-order valence-electron chi connectivity index (χ1n) is 4.34. The van der Waals surface area contributed by atoms with Gasteiger partial charge in [0.05, 0.1) is 14.5 Å². The summed E-state index contributed by atoms with van der Waals surface area (Å²) in [6, 6.07) is 6.41. The number of aromatic hydroxyl groups is 1. The summed E-state index contributed by atoms with van der Waals surface area (Å²) >= 11 is 6.47. The van der Waals surface area contributed by atoms with Crippen molar-refractivity contribution in [1.82, 2.24) is 0 Å². The lowest BCUT2D eigenvalue weighted by molar-refractivity contribution is 0.0697. The van der Waals surface area contributed by atoms with Gasteiger partial charge >= 0.3 is 5.97 Å². The Morgan fingerprint density at radius 2 is 1.88 bits per heavy atom. The molecule has 0 saturated heterocycles. The quantitative estimate of drug-likeness (QED) is 0.827. The zero-order valence-corrected chi connectivity index (χ0v) is 11.0. The highest BCUT2D eigenvalue weighted by atomic mass is 79.9. The Morgan fingerprint density at radius 3 is 2.50 bits per heavy atom. The van der Waals surface area contributed by atoms with Crippen molar-refractivity contribution in [3.63, 3.8) is 0 Å². The van der Waals surface area contributed by atoms with Crippen LogP contribution >= 0.6 is 31.9 Å². The number of halogens is 2. The molecule has 0 aliphatic carbocycles. The third-order valence-corrected chi connectivity index (χ3v) is 3.66. The molecule has 2 rings (SSSR count). The van der Waals surface area contributed by atoms with Gasteiger partial charge in [-0.1, -0.05) is 6.07 Å². The third kappa shape index (κ3) is 1.81. The van der Waals surface area contributed by atoms with Gasteiger partial charge < -0.3 is 10.2 Å². The zero-order valence-electron chi connectivity index (χ0n) is 7.87. The van der Waals surface area contributed by atoms with Gasteiger partial charge in [0.25, 0.3) is 0 Å². The van der Waals surface area contributed by atoms with E-state index in [2.05, 4.69) is 31.9 Å². The molecule has 16 heavy (non-hydrogen) atoms. The van der Waals surface area contributed by atoms with Crippen molar-refractivity contribution < 1.29 is 15.0 Å². The Labute approximate surface area is 108 Å². The predicted molar refractivity (Wildman–Crippen MR) is 68.0 cm³/mol. The fraction of sp³-hybridized carbons (Fsp3) is 0. The van der Waals surface area contributed by atoms with Crippen LogP contribution in [0.1, 0.15) is 10.4 Å². The summed E-state index contributed by atoms with van der Waals surface area (Å²) in [7, 11) is 0. The van der Waals surface area contributed by atoms with E-state index in [9.17, 15) is 9.90 Å². The molecule has 0 radical (unpaired) electrons. The van der Waals surface area contributed by atoms with Crippen LogP contribution in [0.2, 0.25) is 0 Å². The molecule has 0 fully saturated rings. The molecule has 0 amide bonds. The maximum absolute atomic E-state index is 10.8. The Balaban J connectivity index is 2.81. The number of carbonyl (C=O) groups is 1. The van der Waals surface area contributed by atoms with Crippen LogP contribution in [0, 0.1) is 0 Å². The normalized spacial score (nSPS) is 10.6. The van der Waals surface area contributed by atoms with E-state index in [1.807, 2.05) is 0 Å². The van der Waals surface area contributed by atoms with Crippen LogP contribution in [0.15, 0.2) is 33.2 Å². The molecule has 0 aliphatic heterocycles. The Morgan fingerprint density at radius 1 is 1.19 bits per heavy atom. The van der Waals surface area contributed by atoms with Crippen molar-refractivity contribution in [2.45, 2.75) is 0 Å². The van der Waals surface area contributed by atoms with Crippen molar-refractivity contribution in [3.8, 4) is 5.75 Å². The second kappa shape index (κ2) is 4.07. The topological polar surface area (TPSA) is 57.5 Å². The summed E-state index contributed by atoms with van der Waals surface area (Å²) in [6.07, 6.45) is 0. The molecule has 3 nitrogen and oxygen atoms in total. The van der Waals surface area contributed by atoms with Crippen molar-refractivity contribution in [3.05, 3.63) is 38.8 Å². The number of fused-ring (bicyclic) bond motifs is 1. The molecule has 0 spiro atoms. The molecule has 0 unspecified atom stereocenters. The van der Waals surface area contributed by atoms with Crippen molar-refractivity contribution in [2.24, 2.45) is 0 Å². The van der Waals surface area contributed by atoms with Crippen molar-refractivity contribution in [2.75, 3.05) is 0 Å². The summed E-state index contributed by atoms with van der Waals surface area (Å²) < 4.78 is 1.07. The van der Waals surface area contributed by atoms with Crippen LogP contribution < -0.4 is 0 Å². The first-order chi connectivity index (χ1) is 7.50. The molecule has 2 aromatic carbocycles. The van der Waals surface area contributed by atoms with Crippen LogP contribution in [0.5, 0.6) is 5.75 Å². The second-order valence-corrected chi connectivity index (χ2v) is 4.91. The van der Waals surface area contributed by atoms with Gasteiger partial charge in [-0.05, 0) is 60.8 Å². The van der Waals surface area contributed by atoms with E-state index in [0.717, 1.165) is 10.8 Å². The number of hydrogen-bond acceptors (Lipinski definition) is 2. The van der Waals surface area contributed by atoms with Crippen molar-refractivity contribution >= 4 is 48.6 Å². The molecule has 0 bridgehead atoms. The minimum Gasteiger partial charge on any atom is -0.506 e. The predicted octanol–water partition coefficient (Wildman–Crippen LogP) is 3.77. The average Bonchev–Trinajstić information content (AvgIpc) is 2.25. The molecule has 2 N–H and O–H groups in total. The number of carboxylic acid groups (broad SMARTS) is 1. The smallest absolute Gasteiger partial charge is 0.335 e. The number of benzene rings is 2. The monoisotopic (exact) mass is 344 g/mol.